The number of rotatable bonds is 5. The zero-order chi connectivity index (χ0) is 20.3. The lowest BCUT2D eigenvalue weighted by molar-refractivity contribution is -0.384. The molecule has 28 heavy (non-hydrogen) atoms. The number of nitrogens with zero attached hydrogens (tertiary/aromatic N) is 2. The van der Waals surface area contributed by atoms with E-state index in [0.717, 1.165) is 10.0 Å². The number of ether oxygens (including phenoxy) is 1. The van der Waals surface area contributed by atoms with Crippen LogP contribution < -0.4 is 5.32 Å². The zero-order valence-corrected chi connectivity index (χ0v) is 17.4. The van der Waals surface area contributed by atoms with E-state index in [1.54, 1.807) is 0 Å². The number of nitro benzene ring substituents is 1. The van der Waals surface area contributed by atoms with Crippen molar-refractivity contribution in [3.63, 3.8) is 0 Å². The first-order chi connectivity index (χ1) is 13.3. The Morgan fingerprint density at radius 1 is 1.39 bits per heavy atom. The molecule has 3 rings (SSSR count). The lowest BCUT2D eigenvalue weighted by Crippen LogP contribution is -2.48. The maximum absolute atomic E-state index is 12.7. The maximum Gasteiger partial charge on any atom is 0.271 e. The summed E-state index contributed by atoms with van der Waals surface area (Å²) < 4.78 is 6.85. The third kappa shape index (κ3) is 4.88. The molecular formula is C19H19BrClN3O4. The fraction of sp³-hybridized carbons (Fsp3) is 0.316. The largest absolute Gasteiger partial charge is 0.371 e. The van der Waals surface area contributed by atoms with Crippen molar-refractivity contribution in [1.29, 1.82) is 0 Å². The van der Waals surface area contributed by atoms with E-state index in [0.29, 0.717) is 25.4 Å². The van der Waals surface area contributed by atoms with Gasteiger partial charge in [0, 0.05) is 29.7 Å². The Hall–Kier alpha value is -2.00. The highest BCUT2D eigenvalue weighted by atomic mass is 79.9. The van der Waals surface area contributed by atoms with Gasteiger partial charge < -0.3 is 10.1 Å². The van der Waals surface area contributed by atoms with Gasteiger partial charge in [0.05, 0.1) is 34.4 Å². The molecule has 2 aromatic carbocycles. The van der Waals surface area contributed by atoms with Gasteiger partial charge in [0.2, 0.25) is 5.91 Å². The van der Waals surface area contributed by atoms with Gasteiger partial charge in [-0.15, -0.1) is 0 Å². The number of nitrogens with one attached hydrogen (secondary N) is 1. The van der Waals surface area contributed by atoms with Crippen LogP contribution in [0.25, 0.3) is 0 Å². The van der Waals surface area contributed by atoms with Crippen molar-refractivity contribution in [1.82, 2.24) is 4.90 Å². The van der Waals surface area contributed by atoms with E-state index in [4.69, 9.17) is 16.3 Å². The highest BCUT2D eigenvalue weighted by Gasteiger charge is 2.29. The van der Waals surface area contributed by atoms with Gasteiger partial charge in [-0.3, -0.25) is 19.8 Å². The molecule has 1 aliphatic heterocycles. The average molecular weight is 469 g/mol. The number of morpholine rings is 1. The fourth-order valence-corrected chi connectivity index (χ4v) is 3.69. The standard InChI is InChI=1S/C19H19BrClN3O4/c1-12(19(25)22-17-6-5-15(24(26)27)10-16(17)21)23-7-8-28-18(11-23)13-3-2-4-14(20)9-13/h2-6,9-10,12,18H,7-8,11H2,1H3,(H,22,25). The van der Waals surface area contributed by atoms with Gasteiger partial charge in [-0.1, -0.05) is 39.7 Å². The number of benzene rings is 2. The highest BCUT2D eigenvalue weighted by Crippen LogP contribution is 2.28. The number of nitro groups is 1. The number of halogens is 2. The van der Waals surface area contributed by atoms with Crippen molar-refractivity contribution < 1.29 is 14.5 Å². The van der Waals surface area contributed by atoms with Crippen LogP contribution in [0.15, 0.2) is 46.9 Å². The molecule has 1 aliphatic rings. The Morgan fingerprint density at radius 2 is 2.18 bits per heavy atom. The molecule has 0 aliphatic carbocycles. The van der Waals surface area contributed by atoms with Gasteiger partial charge in [-0.25, -0.2) is 0 Å². The normalized spacial score (nSPS) is 18.5. The van der Waals surface area contributed by atoms with Crippen LogP contribution in [0, 0.1) is 10.1 Å². The molecular weight excluding hydrogens is 450 g/mol. The van der Waals surface area contributed by atoms with E-state index < -0.39 is 11.0 Å². The fourth-order valence-electron chi connectivity index (χ4n) is 3.05. The number of anilines is 1. The van der Waals surface area contributed by atoms with Crippen LogP contribution in [-0.2, 0) is 9.53 Å². The molecule has 9 heteroatoms. The van der Waals surface area contributed by atoms with E-state index in [1.165, 1.54) is 18.2 Å². The molecule has 1 fully saturated rings. The van der Waals surface area contributed by atoms with Crippen LogP contribution >= 0.6 is 27.5 Å². The average Bonchev–Trinajstić information content (AvgIpc) is 2.68. The number of hydrogen-bond acceptors (Lipinski definition) is 5. The van der Waals surface area contributed by atoms with E-state index in [9.17, 15) is 14.9 Å². The maximum atomic E-state index is 12.7. The summed E-state index contributed by atoms with van der Waals surface area (Å²) in [6.07, 6.45) is -0.121. The smallest absolute Gasteiger partial charge is 0.271 e. The van der Waals surface area contributed by atoms with Crippen LogP contribution in [0.1, 0.15) is 18.6 Å². The second kappa shape index (κ2) is 9.00. The van der Waals surface area contributed by atoms with Gasteiger partial charge >= 0.3 is 0 Å². The number of non-ortho nitro benzene ring substituents is 1. The summed E-state index contributed by atoms with van der Waals surface area (Å²) in [5, 5.41) is 13.7. The summed E-state index contributed by atoms with van der Waals surface area (Å²) in [4.78, 5) is 25.0. The van der Waals surface area contributed by atoms with Gasteiger partial charge in [0.25, 0.3) is 5.69 Å². The molecule has 0 saturated carbocycles. The molecule has 1 amide bonds. The van der Waals surface area contributed by atoms with Gasteiger partial charge in [-0.05, 0) is 30.7 Å². The molecule has 1 saturated heterocycles. The van der Waals surface area contributed by atoms with Crippen LogP contribution in [0.3, 0.4) is 0 Å². The molecule has 1 heterocycles. The monoisotopic (exact) mass is 467 g/mol. The Balaban J connectivity index is 1.66. The SMILES string of the molecule is CC(C(=O)Nc1ccc([N+](=O)[O-])cc1Cl)N1CCOC(c2cccc(Br)c2)C1. The van der Waals surface area contributed by atoms with Gasteiger partial charge in [-0.2, -0.15) is 0 Å². The van der Waals surface area contributed by atoms with E-state index in [1.807, 2.05) is 36.1 Å². The molecule has 0 radical (unpaired) electrons. The Bertz CT molecular complexity index is 895. The predicted molar refractivity (Wildman–Crippen MR) is 111 cm³/mol. The molecule has 1 N–H and O–H groups in total. The summed E-state index contributed by atoms with van der Waals surface area (Å²) in [6.45, 7) is 3.55. The molecule has 0 bridgehead atoms. The second-order valence-corrected chi connectivity index (χ2v) is 7.82. The lowest BCUT2D eigenvalue weighted by atomic mass is 10.1. The molecule has 148 valence electrons. The zero-order valence-electron chi connectivity index (χ0n) is 15.1. The minimum atomic E-state index is -0.532. The summed E-state index contributed by atoms with van der Waals surface area (Å²) in [5.41, 5.74) is 1.27. The number of amides is 1. The van der Waals surface area contributed by atoms with Crippen molar-refractivity contribution in [3.05, 3.63) is 67.6 Å². The third-order valence-corrected chi connectivity index (χ3v) is 5.47. The number of carbonyl (C=O) groups excluding carboxylic acids is 1. The predicted octanol–water partition coefficient (Wildman–Crippen LogP) is 4.41. The highest BCUT2D eigenvalue weighted by molar-refractivity contribution is 9.10. The Morgan fingerprint density at radius 3 is 2.86 bits per heavy atom. The first kappa shape index (κ1) is 20.7. The van der Waals surface area contributed by atoms with Crippen LogP contribution in [0.4, 0.5) is 11.4 Å². The van der Waals surface area contributed by atoms with Crippen molar-refractivity contribution in [3.8, 4) is 0 Å². The van der Waals surface area contributed by atoms with Crippen molar-refractivity contribution in [2.75, 3.05) is 25.0 Å². The van der Waals surface area contributed by atoms with Crippen LogP contribution in [-0.4, -0.2) is 41.5 Å². The Kier molecular flexibility index (Phi) is 6.66. The lowest BCUT2D eigenvalue weighted by Gasteiger charge is -2.36. The molecule has 2 unspecified atom stereocenters. The topological polar surface area (TPSA) is 84.7 Å². The quantitative estimate of drug-likeness (QED) is 0.519. The minimum Gasteiger partial charge on any atom is -0.371 e. The molecule has 2 aromatic rings. The molecule has 0 aromatic heterocycles. The molecule has 7 nitrogen and oxygen atoms in total. The summed E-state index contributed by atoms with van der Waals surface area (Å²) in [5.74, 6) is -0.231. The van der Waals surface area contributed by atoms with E-state index >= 15 is 0 Å². The summed E-state index contributed by atoms with van der Waals surface area (Å²) in [6, 6.07) is 11.5. The molecule has 0 spiro atoms. The van der Waals surface area contributed by atoms with Crippen molar-refractivity contribution in [2.45, 2.75) is 19.1 Å². The number of hydrogen-bond donors (Lipinski definition) is 1. The first-order valence-corrected chi connectivity index (χ1v) is 9.88. The van der Waals surface area contributed by atoms with E-state index in [-0.39, 0.29) is 22.7 Å². The third-order valence-electron chi connectivity index (χ3n) is 4.67. The van der Waals surface area contributed by atoms with Crippen LogP contribution in [0.5, 0.6) is 0 Å². The summed E-state index contributed by atoms with van der Waals surface area (Å²) >= 11 is 9.53. The van der Waals surface area contributed by atoms with Gasteiger partial charge in [0.1, 0.15) is 0 Å². The van der Waals surface area contributed by atoms with Gasteiger partial charge in [0.15, 0.2) is 0 Å². The minimum absolute atomic E-state index is 0.121. The second-order valence-electron chi connectivity index (χ2n) is 6.50. The summed E-state index contributed by atoms with van der Waals surface area (Å²) in [7, 11) is 0. The van der Waals surface area contributed by atoms with E-state index in [2.05, 4.69) is 21.2 Å². The Labute approximate surface area is 175 Å². The van der Waals surface area contributed by atoms with Crippen molar-refractivity contribution in [2.24, 2.45) is 0 Å². The number of carbonyl (C=O) groups is 1. The first-order valence-electron chi connectivity index (χ1n) is 8.71. The molecule has 2 atom stereocenters. The van der Waals surface area contributed by atoms with Crippen molar-refractivity contribution >= 4 is 44.8 Å². The van der Waals surface area contributed by atoms with Crippen LogP contribution in [0.2, 0.25) is 5.02 Å².